The molecule has 0 atom stereocenters. The van der Waals surface area contributed by atoms with Crippen LogP contribution in [-0.4, -0.2) is 15.8 Å². The summed E-state index contributed by atoms with van der Waals surface area (Å²) in [6.45, 7) is 8.94. The number of benzene rings is 1. The SMILES string of the molecule is Cc1ccc(Oc2c(CNC(C)C)c(C)nn2C)c(Cl)c1. The largest absolute Gasteiger partial charge is 0.437 e. The highest BCUT2D eigenvalue weighted by Crippen LogP contribution is 2.32. The first-order valence-electron chi connectivity index (χ1n) is 7.08. The van der Waals surface area contributed by atoms with Crippen molar-refractivity contribution in [3.05, 3.63) is 40.0 Å². The Morgan fingerprint density at radius 1 is 1.33 bits per heavy atom. The number of ether oxygens (including phenoxy) is 1. The molecule has 21 heavy (non-hydrogen) atoms. The van der Waals surface area contributed by atoms with Crippen LogP contribution in [0.15, 0.2) is 18.2 Å². The van der Waals surface area contributed by atoms with Crippen LogP contribution in [-0.2, 0) is 13.6 Å². The van der Waals surface area contributed by atoms with Gasteiger partial charge in [0.1, 0.15) is 5.75 Å². The number of aromatic nitrogens is 2. The van der Waals surface area contributed by atoms with Crippen molar-refractivity contribution in [1.82, 2.24) is 15.1 Å². The van der Waals surface area contributed by atoms with Gasteiger partial charge in [-0.05, 0) is 31.5 Å². The molecule has 0 radical (unpaired) electrons. The first-order chi connectivity index (χ1) is 9.88. The van der Waals surface area contributed by atoms with Gasteiger partial charge in [0, 0.05) is 19.6 Å². The van der Waals surface area contributed by atoms with E-state index in [9.17, 15) is 0 Å². The van der Waals surface area contributed by atoms with Gasteiger partial charge in [0.2, 0.25) is 5.88 Å². The fraction of sp³-hybridized carbons (Fsp3) is 0.438. The first-order valence-corrected chi connectivity index (χ1v) is 7.46. The third-order valence-electron chi connectivity index (χ3n) is 3.27. The van der Waals surface area contributed by atoms with Crippen molar-refractivity contribution in [2.45, 2.75) is 40.3 Å². The van der Waals surface area contributed by atoms with Gasteiger partial charge < -0.3 is 10.1 Å². The van der Waals surface area contributed by atoms with Crippen molar-refractivity contribution < 1.29 is 4.74 Å². The Kier molecular flexibility index (Phi) is 4.91. The van der Waals surface area contributed by atoms with Gasteiger partial charge in [-0.15, -0.1) is 0 Å². The van der Waals surface area contributed by atoms with Crippen LogP contribution < -0.4 is 10.1 Å². The molecule has 1 heterocycles. The molecular weight excluding hydrogens is 286 g/mol. The number of hydrogen-bond donors (Lipinski definition) is 1. The topological polar surface area (TPSA) is 39.1 Å². The Morgan fingerprint density at radius 3 is 2.67 bits per heavy atom. The number of rotatable bonds is 5. The van der Waals surface area contributed by atoms with Crippen LogP contribution in [0.5, 0.6) is 11.6 Å². The lowest BCUT2D eigenvalue weighted by Crippen LogP contribution is -2.22. The summed E-state index contributed by atoms with van der Waals surface area (Å²) in [5, 5.41) is 8.45. The molecule has 1 aromatic carbocycles. The summed E-state index contributed by atoms with van der Waals surface area (Å²) in [7, 11) is 1.88. The lowest BCUT2D eigenvalue weighted by molar-refractivity contribution is 0.422. The molecule has 4 nitrogen and oxygen atoms in total. The van der Waals surface area contributed by atoms with E-state index in [1.165, 1.54) is 0 Å². The van der Waals surface area contributed by atoms with Crippen molar-refractivity contribution >= 4 is 11.6 Å². The highest BCUT2D eigenvalue weighted by molar-refractivity contribution is 6.32. The molecule has 5 heteroatoms. The monoisotopic (exact) mass is 307 g/mol. The molecule has 0 amide bonds. The minimum Gasteiger partial charge on any atom is -0.437 e. The molecule has 0 saturated carbocycles. The summed E-state index contributed by atoms with van der Waals surface area (Å²) in [5.41, 5.74) is 3.13. The van der Waals surface area contributed by atoms with Crippen molar-refractivity contribution in [1.29, 1.82) is 0 Å². The summed E-state index contributed by atoms with van der Waals surface area (Å²) >= 11 is 6.25. The van der Waals surface area contributed by atoms with E-state index in [0.29, 0.717) is 16.8 Å². The second-order valence-corrected chi connectivity index (χ2v) is 5.97. The number of aryl methyl sites for hydroxylation is 3. The van der Waals surface area contributed by atoms with E-state index in [0.717, 1.165) is 29.2 Å². The molecule has 0 fully saturated rings. The molecule has 0 bridgehead atoms. The predicted molar refractivity (Wildman–Crippen MR) is 86.2 cm³/mol. The van der Waals surface area contributed by atoms with Crippen LogP contribution in [0.1, 0.15) is 30.7 Å². The van der Waals surface area contributed by atoms with Crippen molar-refractivity contribution in [2.24, 2.45) is 7.05 Å². The normalized spacial score (nSPS) is 11.2. The van der Waals surface area contributed by atoms with Gasteiger partial charge >= 0.3 is 0 Å². The average molecular weight is 308 g/mol. The zero-order chi connectivity index (χ0) is 15.6. The van der Waals surface area contributed by atoms with Crippen LogP contribution in [0.3, 0.4) is 0 Å². The molecule has 0 aliphatic heterocycles. The fourth-order valence-electron chi connectivity index (χ4n) is 2.11. The Labute approximate surface area is 131 Å². The molecule has 1 aromatic heterocycles. The highest BCUT2D eigenvalue weighted by atomic mass is 35.5. The molecule has 1 N–H and O–H groups in total. The lowest BCUT2D eigenvalue weighted by atomic mass is 10.2. The predicted octanol–water partition coefficient (Wildman–Crippen LogP) is 3.98. The van der Waals surface area contributed by atoms with Gasteiger partial charge in [-0.1, -0.05) is 31.5 Å². The van der Waals surface area contributed by atoms with Gasteiger partial charge in [-0.2, -0.15) is 5.10 Å². The maximum atomic E-state index is 6.25. The van der Waals surface area contributed by atoms with Crippen LogP contribution in [0.2, 0.25) is 5.02 Å². The van der Waals surface area contributed by atoms with Gasteiger partial charge in [-0.3, -0.25) is 0 Å². The number of hydrogen-bond acceptors (Lipinski definition) is 3. The molecule has 0 aliphatic rings. The van der Waals surface area contributed by atoms with E-state index in [1.807, 2.05) is 39.1 Å². The first kappa shape index (κ1) is 15.9. The quantitative estimate of drug-likeness (QED) is 0.908. The van der Waals surface area contributed by atoms with Crippen molar-refractivity contribution in [3.8, 4) is 11.6 Å². The Hall–Kier alpha value is -1.52. The Balaban J connectivity index is 2.30. The standard InChI is InChI=1S/C16H22ClN3O/c1-10(2)18-9-13-12(4)19-20(5)16(13)21-15-7-6-11(3)8-14(15)17/h6-8,10,18H,9H2,1-5H3. The maximum absolute atomic E-state index is 6.25. The third-order valence-corrected chi connectivity index (χ3v) is 3.57. The molecule has 2 rings (SSSR count). The third kappa shape index (κ3) is 3.77. The second kappa shape index (κ2) is 6.50. The summed E-state index contributed by atoms with van der Waals surface area (Å²) < 4.78 is 7.76. The van der Waals surface area contributed by atoms with Crippen LogP contribution in [0, 0.1) is 13.8 Å². The van der Waals surface area contributed by atoms with Crippen LogP contribution >= 0.6 is 11.6 Å². The van der Waals surface area contributed by atoms with Gasteiger partial charge in [0.05, 0.1) is 16.3 Å². The molecule has 0 spiro atoms. The zero-order valence-electron chi connectivity index (χ0n) is 13.2. The lowest BCUT2D eigenvalue weighted by Gasteiger charge is -2.12. The zero-order valence-corrected chi connectivity index (χ0v) is 14.0. The summed E-state index contributed by atoms with van der Waals surface area (Å²) in [4.78, 5) is 0. The van der Waals surface area contributed by atoms with Crippen molar-refractivity contribution in [2.75, 3.05) is 0 Å². The van der Waals surface area contributed by atoms with E-state index in [2.05, 4.69) is 24.3 Å². The number of nitrogens with one attached hydrogen (secondary N) is 1. The number of halogens is 1. The van der Waals surface area contributed by atoms with Crippen LogP contribution in [0.4, 0.5) is 0 Å². The van der Waals surface area contributed by atoms with E-state index in [-0.39, 0.29) is 0 Å². The minimum absolute atomic E-state index is 0.403. The van der Waals surface area contributed by atoms with Gasteiger partial charge in [-0.25, -0.2) is 4.68 Å². The molecule has 0 unspecified atom stereocenters. The number of nitrogens with zero attached hydrogens (tertiary/aromatic N) is 2. The van der Waals surface area contributed by atoms with E-state index in [1.54, 1.807) is 4.68 Å². The summed E-state index contributed by atoms with van der Waals surface area (Å²) in [6.07, 6.45) is 0. The van der Waals surface area contributed by atoms with Crippen LogP contribution in [0.25, 0.3) is 0 Å². The Morgan fingerprint density at radius 2 is 2.05 bits per heavy atom. The second-order valence-electron chi connectivity index (χ2n) is 5.56. The van der Waals surface area contributed by atoms with E-state index in [4.69, 9.17) is 16.3 Å². The van der Waals surface area contributed by atoms with Gasteiger partial charge in [0.25, 0.3) is 0 Å². The highest BCUT2D eigenvalue weighted by Gasteiger charge is 2.16. The Bertz CT molecular complexity index is 635. The fourth-order valence-corrected chi connectivity index (χ4v) is 2.38. The van der Waals surface area contributed by atoms with Crippen molar-refractivity contribution in [3.63, 3.8) is 0 Å². The van der Waals surface area contributed by atoms with E-state index >= 15 is 0 Å². The minimum atomic E-state index is 0.403. The summed E-state index contributed by atoms with van der Waals surface area (Å²) in [5.74, 6) is 1.38. The molecular formula is C16H22ClN3O. The molecule has 2 aromatic rings. The molecule has 0 aliphatic carbocycles. The molecule has 114 valence electrons. The average Bonchev–Trinajstić information content (AvgIpc) is 2.65. The smallest absolute Gasteiger partial charge is 0.222 e. The summed E-state index contributed by atoms with van der Waals surface area (Å²) in [6, 6.07) is 6.17. The maximum Gasteiger partial charge on any atom is 0.222 e. The molecule has 0 saturated heterocycles. The van der Waals surface area contributed by atoms with Gasteiger partial charge in [0.15, 0.2) is 0 Å². The van der Waals surface area contributed by atoms with E-state index < -0.39 is 0 Å².